The molecule has 0 aromatic rings. The average molecular weight is 244 g/mol. The number of carboxylic acids is 1. The van der Waals surface area contributed by atoms with Crippen LogP contribution in [0.2, 0.25) is 0 Å². The van der Waals surface area contributed by atoms with E-state index in [1.54, 1.807) is 0 Å². The van der Waals surface area contributed by atoms with Gasteiger partial charge in [-0.2, -0.15) is 0 Å². The molecule has 0 spiro atoms. The Morgan fingerprint density at radius 2 is 1.59 bits per heavy atom. The van der Waals surface area contributed by atoms with Gasteiger partial charge in [-0.05, 0) is 25.2 Å². The first kappa shape index (κ1) is 16.4. The largest absolute Gasteiger partial charge is 0.481 e. The topological polar surface area (TPSA) is 57.5 Å². The molecule has 0 fully saturated rings. The first-order chi connectivity index (χ1) is 8.20. The van der Waals surface area contributed by atoms with E-state index in [9.17, 15) is 9.90 Å². The molecule has 0 bridgehead atoms. The maximum Gasteiger partial charge on any atom is 0.303 e. The first-order valence-corrected chi connectivity index (χ1v) is 7.03. The van der Waals surface area contributed by atoms with E-state index in [2.05, 4.69) is 6.92 Å². The van der Waals surface area contributed by atoms with Gasteiger partial charge in [-0.25, -0.2) is 0 Å². The standard InChI is InChI=1S/C14H28O3/c1-2-3-4-6-9-13(12-15)10-7-5-8-11-14(16)17/h13,15H,2-12H2,1H3,(H,16,17). The van der Waals surface area contributed by atoms with Gasteiger partial charge in [0, 0.05) is 13.0 Å². The van der Waals surface area contributed by atoms with Crippen LogP contribution >= 0.6 is 0 Å². The number of hydrogen-bond donors (Lipinski definition) is 2. The van der Waals surface area contributed by atoms with Gasteiger partial charge in [-0.1, -0.05) is 45.4 Å². The van der Waals surface area contributed by atoms with Gasteiger partial charge in [0.05, 0.1) is 0 Å². The van der Waals surface area contributed by atoms with Crippen molar-refractivity contribution in [2.45, 2.75) is 71.1 Å². The summed E-state index contributed by atoms with van der Waals surface area (Å²) in [6.07, 6.45) is 10.3. The maximum absolute atomic E-state index is 10.3. The van der Waals surface area contributed by atoms with Crippen LogP contribution in [0.25, 0.3) is 0 Å². The summed E-state index contributed by atoms with van der Waals surface area (Å²) >= 11 is 0. The number of aliphatic carboxylic acids is 1. The van der Waals surface area contributed by atoms with Crippen LogP contribution in [0.3, 0.4) is 0 Å². The van der Waals surface area contributed by atoms with Gasteiger partial charge < -0.3 is 10.2 Å². The first-order valence-electron chi connectivity index (χ1n) is 7.03. The fourth-order valence-electron chi connectivity index (χ4n) is 2.07. The Labute approximate surface area is 105 Å². The van der Waals surface area contributed by atoms with E-state index >= 15 is 0 Å². The zero-order valence-corrected chi connectivity index (χ0v) is 11.2. The van der Waals surface area contributed by atoms with E-state index in [0.717, 1.165) is 32.1 Å². The highest BCUT2D eigenvalue weighted by Gasteiger charge is 2.07. The molecule has 3 nitrogen and oxygen atoms in total. The molecule has 0 aliphatic carbocycles. The molecule has 0 saturated heterocycles. The summed E-state index contributed by atoms with van der Waals surface area (Å²) < 4.78 is 0. The smallest absolute Gasteiger partial charge is 0.303 e. The van der Waals surface area contributed by atoms with E-state index in [0.29, 0.717) is 5.92 Å². The van der Waals surface area contributed by atoms with Crippen LogP contribution in [0.15, 0.2) is 0 Å². The highest BCUT2D eigenvalue weighted by atomic mass is 16.4. The van der Waals surface area contributed by atoms with Crippen molar-refractivity contribution in [1.29, 1.82) is 0 Å². The number of aliphatic hydroxyl groups excluding tert-OH is 1. The molecule has 0 heterocycles. The van der Waals surface area contributed by atoms with E-state index < -0.39 is 5.97 Å². The minimum absolute atomic E-state index is 0.278. The highest BCUT2D eigenvalue weighted by molar-refractivity contribution is 5.66. The van der Waals surface area contributed by atoms with Crippen LogP contribution < -0.4 is 0 Å². The second-order valence-corrected chi connectivity index (χ2v) is 4.89. The quantitative estimate of drug-likeness (QED) is 0.516. The molecule has 0 saturated carbocycles. The lowest BCUT2D eigenvalue weighted by molar-refractivity contribution is -0.137. The predicted octanol–water partition coefficient (Wildman–Crippen LogP) is 3.60. The lowest BCUT2D eigenvalue weighted by atomic mass is 9.95. The van der Waals surface area contributed by atoms with Crippen molar-refractivity contribution >= 4 is 5.97 Å². The van der Waals surface area contributed by atoms with Gasteiger partial charge >= 0.3 is 5.97 Å². The average Bonchev–Trinajstić information content (AvgIpc) is 2.31. The molecule has 1 unspecified atom stereocenters. The molecule has 2 N–H and O–H groups in total. The lowest BCUT2D eigenvalue weighted by Gasteiger charge is -2.13. The summed E-state index contributed by atoms with van der Waals surface area (Å²) in [4.78, 5) is 10.3. The Bertz CT molecular complexity index is 180. The zero-order chi connectivity index (χ0) is 12.9. The second kappa shape index (κ2) is 11.9. The van der Waals surface area contributed by atoms with Crippen molar-refractivity contribution in [3.8, 4) is 0 Å². The molecule has 102 valence electrons. The number of hydrogen-bond acceptors (Lipinski definition) is 2. The van der Waals surface area contributed by atoms with Crippen LogP contribution in [-0.4, -0.2) is 22.8 Å². The fraction of sp³-hybridized carbons (Fsp3) is 0.929. The van der Waals surface area contributed by atoms with Crippen molar-refractivity contribution in [3.05, 3.63) is 0 Å². The molecule has 0 aliphatic rings. The number of rotatable bonds is 12. The summed E-state index contributed by atoms with van der Waals surface area (Å²) in [6, 6.07) is 0. The second-order valence-electron chi connectivity index (χ2n) is 4.89. The Kier molecular flexibility index (Phi) is 11.5. The molecule has 0 aromatic carbocycles. The molecule has 3 heteroatoms. The summed E-state index contributed by atoms with van der Waals surface area (Å²) in [7, 11) is 0. The third-order valence-electron chi connectivity index (χ3n) is 3.23. The van der Waals surface area contributed by atoms with E-state index in [-0.39, 0.29) is 13.0 Å². The number of unbranched alkanes of at least 4 members (excludes halogenated alkanes) is 5. The molecular weight excluding hydrogens is 216 g/mol. The zero-order valence-electron chi connectivity index (χ0n) is 11.2. The molecule has 0 rings (SSSR count). The van der Waals surface area contributed by atoms with Crippen molar-refractivity contribution < 1.29 is 15.0 Å². The molecule has 0 aromatic heterocycles. The molecule has 1 atom stereocenters. The minimum Gasteiger partial charge on any atom is -0.481 e. The SMILES string of the molecule is CCCCCCC(CO)CCCCCC(=O)O. The van der Waals surface area contributed by atoms with Crippen molar-refractivity contribution in [2.75, 3.05) is 6.61 Å². The third-order valence-corrected chi connectivity index (χ3v) is 3.23. The van der Waals surface area contributed by atoms with Crippen LogP contribution in [-0.2, 0) is 4.79 Å². The summed E-state index contributed by atoms with van der Waals surface area (Å²) in [6.45, 7) is 2.48. The van der Waals surface area contributed by atoms with Crippen LogP contribution in [0.4, 0.5) is 0 Å². The molecular formula is C14H28O3. The third kappa shape index (κ3) is 11.7. The van der Waals surface area contributed by atoms with Gasteiger partial charge in [-0.3, -0.25) is 4.79 Å². The Balaban J connectivity index is 3.37. The molecule has 0 aliphatic heterocycles. The minimum atomic E-state index is -0.705. The number of carboxylic acid groups (broad SMARTS) is 1. The van der Waals surface area contributed by atoms with Crippen molar-refractivity contribution in [3.63, 3.8) is 0 Å². The van der Waals surface area contributed by atoms with Crippen molar-refractivity contribution in [1.82, 2.24) is 0 Å². The molecule has 17 heavy (non-hydrogen) atoms. The van der Waals surface area contributed by atoms with E-state index in [1.165, 1.54) is 25.7 Å². The van der Waals surface area contributed by atoms with Gasteiger partial charge in [0.15, 0.2) is 0 Å². The Morgan fingerprint density at radius 1 is 1.00 bits per heavy atom. The normalized spacial score (nSPS) is 12.6. The summed E-state index contributed by atoms with van der Waals surface area (Å²) in [5.74, 6) is -0.278. The maximum atomic E-state index is 10.3. The number of aliphatic hydroxyl groups is 1. The Hall–Kier alpha value is -0.570. The van der Waals surface area contributed by atoms with Crippen LogP contribution in [0.5, 0.6) is 0 Å². The van der Waals surface area contributed by atoms with Crippen LogP contribution in [0, 0.1) is 5.92 Å². The van der Waals surface area contributed by atoms with Crippen molar-refractivity contribution in [2.24, 2.45) is 5.92 Å². The summed E-state index contributed by atoms with van der Waals surface area (Å²) in [5.41, 5.74) is 0. The van der Waals surface area contributed by atoms with E-state index in [4.69, 9.17) is 5.11 Å². The Morgan fingerprint density at radius 3 is 2.06 bits per heavy atom. The molecule has 0 radical (unpaired) electrons. The van der Waals surface area contributed by atoms with Gasteiger partial charge in [-0.15, -0.1) is 0 Å². The predicted molar refractivity (Wildman–Crippen MR) is 70.1 cm³/mol. The van der Waals surface area contributed by atoms with Gasteiger partial charge in [0.1, 0.15) is 0 Å². The summed E-state index contributed by atoms with van der Waals surface area (Å²) in [5, 5.41) is 17.7. The molecule has 0 amide bonds. The van der Waals surface area contributed by atoms with Gasteiger partial charge in [0.25, 0.3) is 0 Å². The lowest BCUT2D eigenvalue weighted by Crippen LogP contribution is -2.06. The highest BCUT2D eigenvalue weighted by Crippen LogP contribution is 2.17. The van der Waals surface area contributed by atoms with Gasteiger partial charge in [0.2, 0.25) is 0 Å². The number of carbonyl (C=O) groups is 1. The van der Waals surface area contributed by atoms with Crippen LogP contribution in [0.1, 0.15) is 71.1 Å². The monoisotopic (exact) mass is 244 g/mol. The fourth-order valence-corrected chi connectivity index (χ4v) is 2.07. The van der Waals surface area contributed by atoms with E-state index in [1.807, 2.05) is 0 Å².